The van der Waals surface area contributed by atoms with Crippen LogP contribution >= 0.6 is 0 Å². The summed E-state index contributed by atoms with van der Waals surface area (Å²) < 4.78 is 5.19. The van der Waals surface area contributed by atoms with Gasteiger partial charge < -0.3 is 9.84 Å². The molecule has 1 aromatic rings. The molecule has 5 nitrogen and oxygen atoms in total. The second-order valence-electron chi connectivity index (χ2n) is 5.71. The van der Waals surface area contributed by atoms with E-state index < -0.39 is 17.7 Å². The fourth-order valence-corrected chi connectivity index (χ4v) is 1.83. The van der Waals surface area contributed by atoms with Crippen LogP contribution in [0.3, 0.4) is 0 Å². The number of aliphatic carboxylic acids is 1. The maximum Gasteiger partial charge on any atom is 0.412 e. The van der Waals surface area contributed by atoms with Gasteiger partial charge >= 0.3 is 12.1 Å². The van der Waals surface area contributed by atoms with E-state index in [1.165, 1.54) is 0 Å². The molecule has 0 aromatic heterocycles. The van der Waals surface area contributed by atoms with E-state index in [2.05, 4.69) is 5.32 Å². The normalized spacial score (nSPS) is 12.6. The van der Waals surface area contributed by atoms with Crippen molar-refractivity contribution in [3.8, 4) is 0 Å². The molecule has 1 atom stereocenters. The van der Waals surface area contributed by atoms with Gasteiger partial charge in [0, 0.05) is 5.69 Å². The first-order valence-corrected chi connectivity index (χ1v) is 6.50. The van der Waals surface area contributed by atoms with Crippen molar-refractivity contribution in [3.05, 3.63) is 29.8 Å². The minimum atomic E-state index is -0.871. The Balaban J connectivity index is 2.85. The first-order valence-electron chi connectivity index (χ1n) is 6.50. The number of carbonyl (C=O) groups is 2. The molecule has 0 fully saturated rings. The van der Waals surface area contributed by atoms with Crippen molar-refractivity contribution in [1.29, 1.82) is 0 Å². The SMILES string of the molecule is CC(CC(=O)O)c1ccccc1NC(=O)OC(C)(C)C. The van der Waals surface area contributed by atoms with E-state index in [9.17, 15) is 9.59 Å². The molecule has 5 heteroatoms. The topological polar surface area (TPSA) is 75.6 Å². The molecule has 1 unspecified atom stereocenters. The van der Waals surface area contributed by atoms with Crippen LogP contribution in [0.2, 0.25) is 0 Å². The quantitative estimate of drug-likeness (QED) is 0.882. The van der Waals surface area contributed by atoms with Crippen LogP contribution in [0.4, 0.5) is 10.5 Å². The molecular formula is C15H21NO4. The molecule has 0 saturated heterocycles. The fraction of sp³-hybridized carbons (Fsp3) is 0.467. The number of hydrogen-bond donors (Lipinski definition) is 2. The van der Waals surface area contributed by atoms with Crippen molar-refractivity contribution in [2.75, 3.05) is 5.32 Å². The average molecular weight is 279 g/mol. The van der Waals surface area contributed by atoms with Crippen molar-refractivity contribution >= 4 is 17.7 Å². The highest BCUT2D eigenvalue weighted by molar-refractivity contribution is 5.86. The maximum absolute atomic E-state index is 11.8. The van der Waals surface area contributed by atoms with Crippen LogP contribution in [-0.4, -0.2) is 22.8 Å². The molecule has 1 rings (SSSR count). The Morgan fingerprint density at radius 2 is 1.90 bits per heavy atom. The van der Waals surface area contributed by atoms with Crippen molar-refractivity contribution in [3.63, 3.8) is 0 Å². The van der Waals surface area contributed by atoms with Crippen molar-refractivity contribution in [2.24, 2.45) is 0 Å². The highest BCUT2D eigenvalue weighted by Gasteiger charge is 2.19. The molecule has 0 aliphatic heterocycles. The van der Waals surface area contributed by atoms with Crippen LogP contribution in [0.15, 0.2) is 24.3 Å². The summed E-state index contributed by atoms with van der Waals surface area (Å²) >= 11 is 0. The molecule has 0 heterocycles. The van der Waals surface area contributed by atoms with Crippen LogP contribution in [0.1, 0.15) is 45.6 Å². The number of ether oxygens (including phenoxy) is 1. The van der Waals surface area contributed by atoms with E-state index in [-0.39, 0.29) is 12.3 Å². The number of amides is 1. The lowest BCUT2D eigenvalue weighted by molar-refractivity contribution is -0.137. The molecule has 20 heavy (non-hydrogen) atoms. The zero-order chi connectivity index (χ0) is 15.3. The average Bonchev–Trinajstić information content (AvgIpc) is 2.25. The Bertz CT molecular complexity index is 491. The molecule has 2 N–H and O–H groups in total. The minimum absolute atomic E-state index is 0.00696. The second kappa shape index (κ2) is 6.41. The lowest BCUT2D eigenvalue weighted by Gasteiger charge is -2.21. The fourth-order valence-electron chi connectivity index (χ4n) is 1.83. The van der Waals surface area contributed by atoms with Crippen molar-refractivity contribution < 1.29 is 19.4 Å². The summed E-state index contributed by atoms with van der Waals surface area (Å²) in [6, 6.07) is 7.13. The molecule has 1 aromatic carbocycles. The van der Waals surface area contributed by atoms with E-state index in [0.717, 1.165) is 5.56 Å². The standard InChI is InChI=1S/C15H21NO4/c1-10(9-13(17)18)11-7-5-6-8-12(11)16-14(19)20-15(2,3)4/h5-8,10H,9H2,1-4H3,(H,16,19)(H,17,18). The summed E-state index contributed by atoms with van der Waals surface area (Å²) in [5.74, 6) is -1.07. The Morgan fingerprint density at radius 3 is 2.45 bits per heavy atom. The maximum atomic E-state index is 11.8. The minimum Gasteiger partial charge on any atom is -0.481 e. The molecule has 1 amide bonds. The third-order valence-electron chi connectivity index (χ3n) is 2.61. The van der Waals surface area contributed by atoms with E-state index in [1.807, 2.05) is 13.0 Å². The Hall–Kier alpha value is -2.04. The Kier molecular flexibility index (Phi) is 5.13. The van der Waals surface area contributed by atoms with Gasteiger partial charge in [0.1, 0.15) is 5.60 Å². The van der Waals surface area contributed by atoms with Crippen molar-refractivity contribution in [2.45, 2.75) is 45.6 Å². The Morgan fingerprint density at radius 1 is 1.30 bits per heavy atom. The molecular weight excluding hydrogens is 258 g/mol. The number of anilines is 1. The summed E-state index contributed by atoms with van der Waals surface area (Å²) in [7, 11) is 0. The van der Waals surface area contributed by atoms with Crippen molar-refractivity contribution in [1.82, 2.24) is 0 Å². The number of carboxylic acid groups (broad SMARTS) is 1. The number of nitrogens with one attached hydrogen (secondary N) is 1. The summed E-state index contributed by atoms with van der Waals surface area (Å²) in [5.41, 5.74) is 0.780. The van der Waals surface area contributed by atoms with Gasteiger partial charge in [-0.15, -0.1) is 0 Å². The van der Waals surface area contributed by atoms with Crippen LogP contribution in [0, 0.1) is 0 Å². The van der Waals surface area contributed by atoms with Crippen LogP contribution in [0.25, 0.3) is 0 Å². The predicted molar refractivity (Wildman–Crippen MR) is 77.0 cm³/mol. The zero-order valence-corrected chi connectivity index (χ0v) is 12.3. The van der Waals surface area contributed by atoms with Gasteiger partial charge in [-0.3, -0.25) is 10.1 Å². The van der Waals surface area contributed by atoms with Gasteiger partial charge in [0.25, 0.3) is 0 Å². The van der Waals surface area contributed by atoms with Gasteiger partial charge in [-0.1, -0.05) is 25.1 Å². The highest BCUT2D eigenvalue weighted by atomic mass is 16.6. The number of carbonyl (C=O) groups excluding carboxylic acids is 1. The number of rotatable bonds is 4. The molecule has 110 valence electrons. The Labute approximate surface area is 118 Å². The molecule has 0 radical (unpaired) electrons. The smallest absolute Gasteiger partial charge is 0.412 e. The number of benzene rings is 1. The first-order chi connectivity index (χ1) is 9.19. The van der Waals surface area contributed by atoms with Gasteiger partial charge in [0.15, 0.2) is 0 Å². The van der Waals surface area contributed by atoms with Gasteiger partial charge in [0.05, 0.1) is 6.42 Å². The summed E-state index contributed by atoms with van der Waals surface area (Å²) in [6.45, 7) is 7.16. The van der Waals surface area contributed by atoms with E-state index in [1.54, 1.807) is 39.0 Å². The second-order valence-corrected chi connectivity index (χ2v) is 5.71. The van der Waals surface area contributed by atoms with Crippen LogP contribution in [-0.2, 0) is 9.53 Å². The lowest BCUT2D eigenvalue weighted by Crippen LogP contribution is -2.27. The molecule has 0 bridgehead atoms. The number of carboxylic acids is 1. The summed E-state index contributed by atoms with van der Waals surface area (Å²) in [5, 5.41) is 11.5. The van der Waals surface area contributed by atoms with Crippen LogP contribution in [0.5, 0.6) is 0 Å². The van der Waals surface area contributed by atoms with Gasteiger partial charge in [-0.05, 0) is 38.3 Å². The lowest BCUT2D eigenvalue weighted by atomic mass is 9.96. The third kappa shape index (κ3) is 5.30. The molecule has 0 spiro atoms. The predicted octanol–water partition coefficient (Wildman–Crippen LogP) is 3.61. The molecule has 0 saturated carbocycles. The zero-order valence-electron chi connectivity index (χ0n) is 12.3. The van der Waals surface area contributed by atoms with Gasteiger partial charge in [-0.25, -0.2) is 4.79 Å². The molecule has 0 aliphatic carbocycles. The van der Waals surface area contributed by atoms with E-state index >= 15 is 0 Å². The molecule has 0 aliphatic rings. The van der Waals surface area contributed by atoms with Crippen LogP contribution < -0.4 is 5.32 Å². The largest absolute Gasteiger partial charge is 0.481 e. The number of hydrogen-bond acceptors (Lipinski definition) is 3. The third-order valence-corrected chi connectivity index (χ3v) is 2.61. The van der Waals surface area contributed by atoms with Gasteiger partial charge in [0.2, 0.25) is 0 Å². The van der Waals surface area contributed by atoms with E-state index in [4.69, 9.17) is 9.84 Å². The summed E-state index contributed by atoms with van der Waals surface area (Å²) in [6.07, 6.45) is -0.542. The summed E-state index contributed by atoms with van der Waals surface area (Å²) in [4.78, 5) is 22.6. The highest BCUT2D eigenvalue weighted by Crippen LogP contribution is 2.27. The number of para-hydroxylation sites is 1. The van der Waals surface area contributed by atoms with Gasteiger partial charge in [-0.2, -0.15) is 0 Å². The first kappa shape index (κ1) is 16.0. The van der Waals surface area contributed by atoms with E-state index in [0.29, 0.717) is 5.69 Å². The monoisotopic (exact) mass is 279 g/mol.